The van der Waals surface area contributed by atoms with E-state index >= 15 is 0 Å². The fourth-order valence-electron chi connectivity index (χ4n) is 2.46. The van der Waals surface area contributed by atoms with Gasteiger partial charge in [-0.25, -0.2) is 4.98 Å². The summed E-state index contributed by atoms with van der Waals surface area (Å²) in [6, 6.07) is 7.36. The monoisotopic (exact) mass is 348 g/mol. The quantitative estimate of drug-likeness (QED) is 0.673. The average molecular weight is 349 g/mol. The van der Waals surface area contributed by atoms with Crippen LogP contribution in [0.4, 0.5) is 0 Å². The summed E-state index contributed by atoms with van der Waals surface area (Å²) < 4.78 is 10.7. The number of rotatable bonds is 3. The maximum atomic E-state index is 6.50. The molecule has 1 aromatic heterocycles. The molecule has 0 fully saturated rings. The molecule has 0 aliphatic carbocycles. The van der Waals surface area contributed by atoms with Gasteiger partial charge in [-0.1, -0.05) is 35.3 Å². The number of benzene rings is 2. The van der Waals surface area contributed by atoms with Crippen LogP contribution in [-0.2, 0) is 0 Å². The molecule has 0 radical (unpaired) electrons. The fraction of sp³-hybridized carbons (Fsp3) is 0.176. The molecule has 0 N–H and O–H groups in total. The highest BCUT2D eigenvalue weighted by Crippen LogP contribution is 2.47. The number of hydrogen-bond donors (Lipinski definition) is 0. The molecule has 3 rings (SSSR count). The Morgan fingerprint density at radius 2 is 1.65 bits per heavy atom. The Bertz CT molecular complexity index is 869. The largest absolute Gasteiger partial charge is 0.495 e. The van der Waals surface area contributed by atoms with Gasteiger partial charge in [-0.15, -0.1) is 0 Å². The number of nitrogens with zero attached hydrogens (tertiary/aromatic N) is 2. The Labute approximate surface area is 144 Å². The van der Waals surface area contributed by atoms with E-state index in [0.29, 0.717) is 27.1 Å². The molecule has 4 nitrogen and oxygen atoms in total. The molecule has 6 heteroatoms. The minimum Gasteiger partial charge on any atom is -0.495 e. The van der Waals surface area contributed by atoms with Crippen molar-refractivity contribution in [2.75, 3.05) is 14.2 Å². The molecule has 23 heavy (non-hydrogen) atoms. The number of hydrogen-bond acceptors (Lipinski definition) is 4. The van der Waals surface area contributed by atoms with E-state index in [1.54, 1.807) is 26.5 Å². The minimum absolute atomic E-state index is 0.410. The molecule has 0 saturated carbocycles. The van der Waals surface area contributed by atoms with Crippen LogP contribution in [0.25, 0.3) is 22.2 Å². The molecule has 118 valence electrons. The van der Waals surface area contributed by atoms with Crippen LogP contribution in [0.1, 0.15) is 5.69 Å². The highest BCUT2D eigenvalue weighted by molar-refractivity contribution is 6.41. The number of aromatic nitrogens is 2. The molecular formula is C17H14Cl2N2O2. The molecule has 0 unspecified atom stereocenters. The first-order valence-electron chi connectivity index (χ1n) is 6.89. The predicted molar refractivity (Wildman–Crippen MR) is 92.8 cm³/mol. The van der Waals surface area contributed by atoms with E-state index in [0.717, 1.165) is 22.3 Å². The Morgan fingerprint density at radius 3 is 2.26 bits per heavy atom. The lowest BCUT2D eigenvalue weighted by atomic mass is 10.0. The lowest BCUT2D eigenvalue weighted by molar-refractivity contribution is 0.395. The molecule has 2 aromatic carbocycles. The number of ether oxygens (including phenoxy) is 2. The van der Waals surface area contributed by atoms with E-state index in [9.17, 15) is 0 Å². The molecule has 0 aliphatic heterocycles. The van der Waals surface area contributed by atoms with Gasteiger partial charge in [0.05, 0.1) is 41.0 Å². The standard InChI is InChI=1S/C17H14Cl2N2O2/c1-9-8-20-17-10(5-4-6-11(17)21-9)14-15(18)12(22-2)7-13(23-3)16(14)19/h4-8H,1-3H3. The van der Waals surface area contributed by atoms with E-state index in [2.05, 4.69) is 9.97 Å². The minimum atomic E-state index is 0.410. The second-order valence-electron chi connectivity index (χ2n) is 4.97. The van der Waals surface area contributed by atoms with Crippen LogP contribution >= 0.6 is 23.2 Å². The second kappa shape index (κ2) is 6.22. The Balaban J connectivity index is 2.39. The molecule has 0 spiro atoms. The first kappa shape index (κ1) is 15.8. The van der Waals surface area contributed by atoms with Gasteiger partial charge in [-0.3, -0.25) is 4.98 Å². The van der Waals surface area contributed by atoms with Crippen LogP contribution in [0.5, 0.6) is 11.5 Å². The number of fused-ring (bicyclic) bond motifs is 1. The van der Waals surface area contributed by atoms with Crippen molar-refractivity contribution < 1.29 is 9.47 Å². The second-order valence-corrected chi connectivity index (χ2v) is 5.72. The topological polar surface area (TPSA) is 44.2 Å². The molecule has 0 bridgehead atoms. The molecule has 1 heterocycles. The predicted octanol–water partition coefficient (Wildman–Crippen LogP) is 4.93. The Morgan fingerprint density at radius 1 is 1.00 bits per heavy atom. The van der Waals surface area contributed by atoms with Gasteiger partial charge in [0.2, 0.25) is 0 Å². The summed E-state index contributed by atoms with van der Waals surface area (Å²) in [6.45, 7) is 1.90. The molecule has 0 amide bonds. The molecule has 3 aromatic rings. The zero-order valence-electron chi connectivity index (χ0n) is 12.9. The number of methoxy groups -OCH3 is 2. The van der Waals surface area contributed by atoms with Gasteiger partial charge in [0.25, 0.3) is 0 Å². The van der Waals surface area contributed by atoms with Crippen LogP contribution in [0, 0.1) is 6.92 Å². The van der Waals surface area contributed by atoms with Gasteiger partial charge < -0.3 is 9.47 Å². The van der Waals surface area contributed by atoms with Gasteiger partial charge >= 0.3 is 0 Å². The number of aryl methyl sites for hydroxylation is 1. The molecule has 0 atom stereocenters. The summed E-state index contributed by atoms with van der Waals surface area (Å²) in [7, 11) is 3.09. The van der Waals surface area contributed by atoms with E-state index in [4.69, 9.17) is 32.7 Å². The summed E-state index contributed by atoms with van der Waals surface area (Å²) >= 11 is 13.0. The van der Waals surface area contributed by atoms with Gasteiger partial charge in [0.15, 0.2) is 0 Å². The normalized spacial score (nSPS) is 10.8. The first-order chi connectivity index (χ1) is 11.1. The average Bonchev–Trinajstić information content (AvgIpc) is 2.55. The third-order valence-electron chi connectivity index (χ3n) is 3.54. The first-order valence-corrected chi connectivity index (χ1v) is 7.65. The van der Waals surface area contributed by atoms with Crippen molar-refractivity contribution in [3.05, 3.63) is 46.2 Å². The van der Waals surface area contributed by atoms with Crippen molar-refractivity contribution >= 4 is 34.2 Å². The van der Waals surface area contributed by atoms with Gasteiger partial charge in [0.1, 0.15) is 11.5 Å². The van der Waals surface area contributed by atoms with E-state index in [1.165, 1.54) is 0 Å². The molecule has 0 aliphatic rings. The number of halogens is 2. The smallest absolute Gasteiger partial charge is 0.141 e. The Kier molecular flexibility index (Phi) is 4.28. The maximum absolute atomic E-state index is 6.50. The lowest BCUT2D eigenvalue weighted by Crippen LogP contribution is -1.95. The van der Waals surface area contributed by atoms with Crippen LogP contribution in [-0.4, -0.2) is 24.2 Å². The number of para-hydroxylation sites is 1. The van der Waals surface area contributed by atoms with Crippen LogP contribution in [0.2, 0.25) is 10.0 Å². The van der Waals surface area contributed by atoms with Crippen molar-refractivity contribution in [3.63, 3.8) is 0 Å². The molecular weight excluding hydrogens is 335 g/mol. The van der Waals surface area contributed by atoms with Gasteiger partial charge in [0, 0.05) is 23.4 Å². The zero-order chi connectivity index (χ0) is 16.6. The summed E-state index contributed by atoms with van der Waals surface area (Å²) in [6.07, 6.45) is 1.71. The SMILES string of the molecule is COc1cc(OC)c(Cl)c(-c2cccc3nc(C)cnc23)c1Cl. The van der Waals surface area contributed by atoms with Gasteiger partial charge in [-0.2, -0.15) is 0 Å². The highest BCUT2D eigenvalue weighted by Gasteiger charge is 2.20. The van der Waals surface area contributed by atoms with Crippen molar-refractivity contribution in [2.45, 2.75) is 6.92 Å². The van der Waals surface area contributed by atoms with E-state index in [1.807, 2.05) is 25.1 Å². The van der Waals surface area contributed by atoms with Crippen molar-refractivity contribution in [1.29, 1.82) is 0 Å². The third-order valence-corrected chi connectivity index (χ3v) is 4.29. The fourth-order valence-corrected chi connectivity index (χ4v) is 3.16. The van der Waals surface area contributed by atoms with E-state index in [-0.39, 0.29) is 0 Å². The lowest BCUT2D eigenvalue weighted by Gasteiger charge is -2.15. The molecule has 0 saturated heterocycles. The summed E-state index contributed by atoms with van der Waals surface area (Å²) in [5, 5.41) is 0.821. The van der Waals surface area contributed by atoms with Crippen LogP contribution in [0.15, 0.2) is 30.5 Å². The summed E-state index contributed by atoms with van der Waals surface area (Å²) in [5.74, 6) is 0.972. The summed E-state index contributed by atoms with van der Waals surface area (Å²) in [5.41, 5.74) is 3.74. The maximum Gasteiger partial charge on any atom is 0.141 e. The van der Waals surface area contributed by atoms with Crippen LogP contribution < -0.4 is 9.47 Å². The van der Waals surface area contributed by atoms with Crippen molar-refractivity contribution in [3.8, 4) is 22.6 Å². The highest BCUT2D eigenvalue weighted by atomic mass is 35.5. The third kappa shape index (κ3) is 2.69. The van der Waals surface area contributed by atoms with Crippen molar-refractivity contribution in [2.24, 2.45) is 0 Å². The summed E-state index contributed by atoms with van der Waals surface area (Å²) in [4.78, 5) is 8.98. The van der Waals surface area contributed by atoms with Crippen LogP contribution in [0.3, 0.4) is 0 Å². The zero-order valence-corrected chi connectivity index (χ0v) is 14.4. The van der Waals surface area contributed by atoms with E-state index < -0.39 is 0 Å². The van der Waals surface area contributed by atoms with Crippen molar-refractivity contribution in [1.82, 2.24) is 9.97 Å². The van der Waals surface area contributed by atoms with Gasteiger partial charge in [-0.05, 0) is 13.0 Å². The Hall–Kier alpha value is -2.04.